The molecule has 2 aromatic rings. The number of fused-ring (bicyclic) bond motifs is 1. The molecule has 5 heteroatoms. The number of nitrogens with one attached hydrogen (secondary N) is 1. The number of anilines is 1. The van der Waals surface area contributed by atoms with Gasteiger partial charge in [0.15, 0.2) is 0 Å². The van der Waals surface area contributed by atoms with Crippen LogP contribution in [0.25, 0.3) is 0 Å². The number of hydrogen-bond donors (Lipinski definition) is 1. The van der Waals surface area contributed by atoms with Gasteiger partial charge in [-0.05, 0) is 62.1 Å². The lowest BCUT2D eigenvalue weighted by molar-refractivity contribution is 0.0526. The molecule has 0 radical (unpaired) electrons. The van der Waals surface area contributed by atoms with Crippen molar-refractivity contribution in [2.75, 3.05) is 11.9 Å². The van der Waals surface area contributed by atoms with Gasteiger partial charge in [-0.1, -0.05) is 44.9 Å². The minimum Gasteiger partial charge on any atom is -0.462 e. The smallest absolute Gasteiger partial charge is 0.341 e. The molecule has 1 heterocycles. The number of thiophene rings is 1. The molecule has 0 spiro atoms. The zero-order chi connectivity index (χ0) is 21.2. The number of amides is 1. The lowest BCUT2D eigenvalue weighted by Gasteiger charge is -2.36. The van der Waals surface area contributed by atoms with Gasteiger partial charge in [0.2, 0.25) is 0 Å². The second-order valence-electron chi connectivity index (χ2n) is 8.53. The third-order valence-electron chi connectivity index (χ3n) is 6.27. The predicted octanol–water partition coefficient (Wildman–Crippen LogP) is 6.03. The SMILES string of the molecule is CCOC(=O)c1c(NC(=O)c2cccc(C)c2)sc2c1CCC(C(C)(C)CC)C2. The summed E-state index contributed by atoms with van der Waals surface area (Å²) in [5.74, 6) is 0.0510. The van der Waals surface area contributed by atoms with Crippen molar-refractivity contribution >= 4 is 28.2 Å². The van der Waals surface area contributed by atoms with Crippen LogP contribution in [0, 0.1) is 18.3 Å². The Morgan fingerprint density at radius 1 is 1.28 bits per heavy atom. The molecule has 4 nitrogen and oxygen atoms in total. The van der Waals surface area contributed by atoms with E-state index in [2.05, 4.69) is 26.1 Å². The number of hydrogen-bond acceptors (Lipinski definition) is 4. The van der Waals surface area contributed by atoms with Gasteiger partial charge < -0.3 is 10.1 Å². The molecule has 1 N–H and O–H groups in total. The normalized spacial score (nSPS) is 16.2. The maximum absolute atomic E-state index is 12.8. The van der Waals surface area contributed by atoms with Crippen LogP contribution in [-0.2, 0) is 17.6 Å². The molecule has 1 aromatic carbocycles. The van der Waals surface area contributed by atoms with Crippen LogP contribution in [0.5, 0.6) is 0 Å². The average molecular weight is 414 g/mol. The van der Waals surface area contributed by atoms with Crippen molar-refractivity contribution in [3.05, 3.63) is 51.4 Å². The summed E-state index contributed by atoms with van der Waals surface area (Å²) in [7, 11) is 0. The summed E-state index contributed by atoms with van der Waals surface area (Å²) in [6, 6.07) is 7.47. The molecule has 1 unspecified atom stereocenters. The van der Waals surface area contributed by atoms with E-state index in [1.165, 1.54) is 4.88 Å². The highest BCUT2D eigenvalue weighted by molar-refractivity contribution is 7.17. The monoisotopic (exact) mass is 413 g/mol. The van der Waals surface area contributed by atoms with Gasteiger partial charge in [0.25, 0.3) is 5.91 Å². The lowest BCUT2D eigenvalue weighted by Crippen LogP contribution is -2.28. The van der Waals surface area contributed by atoms with Crippen LogP contribution < -0.4 is 5.32 Å². The van der Waals surface area contributed by atoms with Gasteiger partial charge in [-0.3, -0.25) is 4.79 Å². The Labute approximate surface area is 177 Å². The minimum atomic E-state index is -0.335. The topological polar surface area (TPSA) is 55.4 Å². The summed E-state index contributed by atoms with van der Waals surface area (Å²) in [5.41, 5.74) is 3.50. The van der Waals surface area contributed by atoms with E-state index < -0.39 is 0 Å². The van der Waals surface area contributed by atoms with Crippen LogP contribution in [0.2, 0.25) is 0 Å². The molecule has 1 aromatic heterocycles. The first kappa shape index (κ1) is 21.6. The number of aryl methyl sites for hydroxylation is 1. The molecule has 1 aliphatic rings. The van der Waals surface area contributed by atoms with Gasteiger partial charge >= 0.3 is 5.97 Å². The van der Waals surface area contributed by atoms with E-state index in [-0.39, 0.29) is 17.3 Å². The van der Waals surface area contributed by atoms with E-state index in [0.29, 0.717) is 28.7 Å². The number of benzene rings is 1. The summed E-state index contributed by atoms with van der Waals surface area (Å²) in [6.45, 7) is 11.0. The molecule has 0 bridgehead atoms. The maximum atomic E-state index is 12.8. The number of esters is 1. The summed E-state index contributed by atoms with van der Waals surface area (Å²) < 4.78 is 5.33. The van der Waals surface area contributed by atoms with Crippen molar-refractivity contribution in [3.8, 4) is 0 Å². The summed E-state index contributed by atoms with van der Waals surface area (Å²) in [6.07, 6.45) is 3.99. The standard InChI is InChI=1S/C24H31NO3S/c1-6-24(4,5)17-11-12-18-19(14-17)29-22(20(18)23(27)28-7-2)25-21(26)16-10-8-9-15(3)13-16/h8-10,13,17H,6-7,11-12,14H2,1-5H3,(H,25,26). The second-order valence-corrected chi connectivity index (χ2v) is 9.64. The van der Waals surface area contributed by atoms with Crippen molar-refractivity contribution < 1.29 is 14.3 Å². The molecule has 1 aliphatic carbocycles. The van der Waals surface area contributed by atoms with Crippen molar-refractivity contribution in [2.45, 2.75) is 60.3 Å². The van der Waals surface area contributed by atoms with Gasteiger partial charge in [-0.15, -0.1) is 11.3 Å². The zero-order valence-corrected chi connectivity index (χ0v) is 18.9. The van der Waals surface area contributed by atoms with Crippen LogP contribution in [0.15, 0.2) is 24.3 Å². The molecule has 1 amide bonds. The van der Waals surface area contributed by atoms with Crippen LogP contribution in [-0.4, -0.2) is 18.5 Å². The fourth-order valence-corrected chi connectivity index (χ4v) is 5.32. The molecule has 29 heavy (non-hydrogen) atoms. The number of ether oxygens (including phenoxy) is 1. The van der Waals surface area contributed by atoms with Crippen LogP contribution in [0.1, 0.15) is 77.3 Å². The third kappa shape index (κ3) is 4.55. The number of carbonyl (C=O) groups is 2. The van der Waals surface area contributed by atoms with Gasteiger partial charge in [-0.25, -0.2) is 4.79 Å². The molecular weight excluding hydrogens is 382 g/mol. The lowest BCUT2D eigenvalue weighted by atomic mass is 9.69. The molecule has 1 atom stereocenters. The van der Waals surface area contributed by atoms with Crippen LogP contribution in [0.4, 0.5) is 5.00 Å². The first-order valence-electron chi connectivity index (χ1n) is 10.5. The Kier molecular flexibility index (Phi) is 6.47. The molecule has 3 rings (SSSR count). The highest BCUT2D eigenvalue weighted by Gasteiger charge is 2.35. The highest BCUT2D eigenvalue weighted by atomic mass is 32.1. The van der Waals surface area contributed by atoms with E-state index >= 15 is 0 Å². The minimum absolute atomic E-state index is 0.191. The predicted molar refractivity (Wildman–Crippen MR) is 119 cm³/mol. The highest BCUT2D eigenvalue weighted by Crippen LogP contribution is 2.45. The van der Waals surface area contributed by atoms with E-state index in [4.69, 9.17) is 4.74 Å². The first-order chi connectivity index (χ1) is 13.8. The van der Waals surface area contributed by atoms with E-state index in [0.717, 1.165) is 36.8 Å². The summed E-state index contributed by atoms with van der Waals surface area (Å²) >= 11 is 1.54. The van der Waals surface area contributed by atoms with Gasteiger partial charge in [0.05, 0.1) is 12.2 Å². The average Bonchev–Trinajstić information content (AvgIpc) is 3.05. The molecule has 0 saturated heterocycles. The Balaban J connectivity index is 1.94. The van der Waals surface area contributed by atoms with Crippen LogP contribution in [0.3, 0.4) is 0 Å². The molecular formula is C24H31NO3S. The molecule has 0 aliphatic heterocycles. The van der Waals surface area contributed by atoms with E-state index in [1.54, 1.807) is 17.4 Å². The van der Waals surface area contributed by atoms with E-state index in [1.807, 2.05) is 32.0 Å². The zero-order valence-electron chi connectivity index (χ0n) is 18.1. The largest absolute Gasteiger partial charge is 0.462 e. The maximum Gasteiger partial charge on any atom is 0.341 e. The molecule has 156 valence electrons. The van der Waals surface area contributed by atoms with Gasteiger partial charge in [0.1, 0.15) is 5.00 Å². The Morgan fingerprint density at radius 2 is 2.03 bits per heavy atom. The van der Waals surface area contributed by atoms with Crippen molar-refractivity contribution in [1.29, 1.82) is 0 Å². The summed E-state index contributed by atoms with van der Waals surface area (Å²) in [4.78, 5) is 26.8. The van der Waals surface area contributed by atoms with Crippen LogP contribution >= 0.6 is 11.3 Å². The first-order valence-corrected chi connectivity index (χ1v) is 11.3. The molecule has 0 fully saturated rings. The van der Waals surface area contributed by atoms with Crippen molar-refractivity contribution in [2.24, 2.45) is 11.3 Å². The second kappa shape index (κ2) is 8.70. The molecule has 0 saturated carbocycles. The van der Waals surface area contributed by atoms with Gasteiger partial charge in [-0.2, -0.15) is 0 Å². The fraction of sp³-hybridized carbons (Fsp3) is 0.500. The Bertz CT molecular complexity index is 913. The van der Waals surface area contributed by atoms with Gasteiger partial charge in [0, 0.05) is 10.4 Å². The number of carbonyl (C=O) groups excluding carboxylic acids is 2. The Morgan fingerprint density at radius 3 is 2.69 bits per heavy atom. The number of rotatable bonds is 6. The third-order valence-corrected chi connectivity index (χ3v) is 7.44. The quantitative estimate of drug-likeness (QED) is 0.589. The van der Waals surface area contributed by atoms with Crippen molar-refractivity contribution in [3.63, 3.8) is 0 Å². The summed E-state index contributed by atoms with van der Waals surface area (Å²) in [5, 5.41) is 3.62. The fourth-order valence-electron chi connectivity index (χ4n) is 4.01. The van der Waals surface area contributed by atoms with E-state index in [9.17, 15) is 9.59 Å². The van der Waals surface area contributed by atoms with Crippen molar-refractivity contribution in [1.82, 2.24) is 0 Å². The Hall–Kier alpha value is -2.14.